The molecule has 0 spiro atoms. The van der Waals surface area contributed by atoms with Crippen LogP contribution in [0.25, 0.3) is 0 Å². The van der Waals surface area contributed by atoms with E-state index in [1.54, 1.807) is 0 Å². The SMILES string of the molecule is C=CC(=O)N1CC2COCC1CC2C(C)C. The molecule has 0 aromatic rings. The van der Waals surface area contributed by atoms with E-state index < -0.39 is 0 Å². The maximum Gasteiger partial charge on any atom is 0.246 e. The first kappa shape index (κ1) is 11.6. The molecule has 3 heteroatoms. The molecule has 1 amide bonds. The Bertz CT molecular complexity index is 288. The third-order valence-electron chi connectivity index (χ3n) is 3.98. The van der Waals surface area contributed by atoms with Gasteiger partial charge in [-0.25, -0.2) is 0 Å². The van der Waals surface area contributed by atoms with Gasteiger partial charge in [0.2, 0.25) is 5.91 Å². The summed E-state index contributed by atoms with van der Waals surface area (Å²) in [7, 11) is 0. The Kier molecular flexibility index (Phi) is 3.33. The van der Waals surface area contributed by atoms with E-state index >= 15 is 0 Å². The van der Waals surface area contributed by atoms with Gasteiger partial charge in [-0.1, -0.05) is 20.4 Å². The highest BCUT2D eigenvalue weighted by Crippen LogP contribution is 2.36. The van der Waals surface area contributed by atoms with Crippen LogP contribution in [-0.2, 0) is 9.53 Å². The molecule has 3 aliphatic heterocycles. The molecular weight excluding hydrogens is 202 g/mol. The topological polar surface area (TPSA) is 29.5 Å². The number of carbonyl (C=O) groups is 1. The average Bonchev–Trinajstić information content (AvgIpc) is 2.60. The standard InChI is InChI=1S/C13H21NO2/c1-4-13(15)14-6-10-7-16-8-11(14)5-12(10)9(2)3/h4,9-12H,1,5-8H2,2-3H3. The highest BCUT2D eigenvalue weighted by molar-refractivity contribution is 5.87. The summed E-state index contributed by atoms with van der Waals surface area (Å²) >= 11 is 0. The fraction of sp³-hybridized carbons (Fsp3) is 0.769. The minimum Gasteiger partial charge on any atom is -0.379 e. The van der Waals surface area contributed by atoms with E-state index in [9.17, 15) is 4.79 Å². The third-order valence-corrected chi connectivity index (χ3v) is 3.98. The summed E-state index contributed by atoms with van der Waals surface area (Å²) in [5.74, 6) is 1.93. The van der Waals surface area contributed by atoms with Crippen LogP contribution in [0.1, 0.15) is 20.3 Å². The zero-order valence-corrected chi connectivity index (χ0v) is 10.2. The normalized spacial score (nSPS) is 33.9. The molecule has 3 heterocycles. The van der Waals surface area contributed by atoms with E-state index in [0.29, 0.717) is 24.4 Å². The Morgan fingerprint density at radius 3 is 2.88 bits per heavy atom. The Labute approximate surface area is 97.5 Å². The Morgan fingerprint density at radius 2 is 2.25 bits per heavy atom. The second-order valence-electron chi connectivity index (χ2n) is 5.29. The molecule has 3 nitrogen and oxygen atoms in total. The van der Waals surface area contributed by atoms with Crippen LogP contribution in [0.2, 0.25) is 0 Å². The summed E-state index contributed by atoms with van der Waals surface area (Å²) in [5, 5.41) is 0. The van der Waals surface area contributed by atoms with Crippen molar-refractivity contribution in [3.8, 4) is 0 Å². The van der Waals surface area contributed by atoms with Crippen molar-refractivity contribution in [2.24, 2.45) is 17.8 Å². The van der Waals surface area contributed by atoms with Gasteiger partial charge in [-0.05, 0) is 24.3 Å². The Balaban J connectivity index is 2.15. The molecule has 0 saturated carbocycles. The summed E-state index contributed by atoms with van der Waals surface area (Å²) in [6.45, 7) is 10.5. The van der Waals surface area contributed by atoms with E-state index in [-0.39, 0.29) is 11.9 Å². The lowest BCUT2D eigenvalue weighted by molar-refractivity contribution is -0.131. The number of hydrogen-bond donors (Lipinski definition) is 0. The van der Waals surface area contributed by atoms with Gasteiger partial charge in [0.05, 0.1) is 19.3 Å². The van der Waals surface area contributed by atoms with Crippen molar-refractivity contribution in [2.75, 3.05) is 19.8 Å². The molecule has 0 aromatic heterocycles. The first-order valence-electron chi connectivity index (χ1n) is 6.14. The van der Waals surface area contributed by atoms with Crippen molar-refractivity contribution < 1.29 is 9.53 Å². The predicted molar refractivity (Wildman–Crippen MR) is 63.0 cm³/mol. The van der Waals surface area contributed by atoms with Crippen LogP contribution in [0.15, 0.2) is 12.7 Å². The first-order valence-corrected chi connectivity index (χ1v) is 6.14. The molecule has 90 valence electrons. The number of hydrogen-bond acceptors (Lipinski definition) is 2. The summed E-state index contributed by atoms with van der Waals surface area (Å²) in [5.41, 5.74) is 0. The maximum absolute atomic E-state index is 11.7. The molecule has 3 saturated heterocycles. The summed E-state index contributed by atoms with van der Waals surface area (Å²) in [4.78, 5) is 13.7. The fourth-order valence-electron chi connectivity index (χ4n) is 3.06. The molecule has 0 aromatic carbocycles. The molecule has 3 atom stereocenters. The van der Waals surface area contributed by atoms with Gasteiger partial charge in [-0.2, -0.15) is 0 Å². The van der Waals surface area contributed by atoms with Gasteiger partial charge in [0.25, 0.3) is 0 Å². The number of carbonyl (C=O) groups excluding carboxylic acids is 1. The molecule has 3 rings (SSSR count). The lowest BCUT2D eigenvalue weighted by Crippen LogP contribution is -2.50. The monoisotopic (exact) mass is 223 g/mol. The molecule has 3 fully saturated rings. The predicted octanol–water partition coefficient (Wildman–Crippen LogP) is 1.69. The van der Waals surface area contributed by atoms with Crippen molar-refractivity contribution in [1.82, 2.24) is 4.90 Å². The molecule has 0 N–H and O–H groups in total. The minimum absolute atomic E-state index is 0.0581. The zero-order valence-electron chi connectivity index (χ0n) is 10.2. The van der Waals surface area contributed by atoms with Gasteiger partial charge in [0.1, 0.15) is 0 Å². The summed E-state index contributed by atoms with van der Waals surface area (Å²) < 4.78 is 5.66. The molecule has 2 bridgehead atoms. The van der Waals surface area contributed by atoms with E-state index in [1.807, 2.05) is 4.90 Å². The molecule has 0 radical (unpaired) electrons. The molecule has 0 aliphatic carbocycles. The Hall–Kier alpha value is -0.830. The van der Waals surface area contributed by atoms with Crippen LogP contribution in [0, 0.1) is 17.8 Å². The first-order chi connectivity index (χ1) is 7.63. The van der Waals surface area contributed by atoms with E-state index in [0.717, 1.165) is 19.6 Å². The number of piperidine rings is 1. The lowest BCUT2D eigenvalue weighted by Gasteiger charge is -2.41. The molecular formula is C13H21NO2. The zero-order chi connectivity index (χ0) is 11.7. The maximum atomic E-state index is 11.7. The van der Waals surface area contributed by atoms with Gasteiger partial charge in [0.15, 0.2) is 0 Å². The molecule has 3 unspecified atom stereocenters. The van der Waals surface area contributed by atoms with Gasteiger partial charge in [0, 0.05) is 12.5 Å². The van der Waals surface area contributed by atoms with Gasteiger partial charge in [-0.15, -0.1) is 0 Å². The van der Waals surface area contributed by atoms with Crippen molar-refractivity contribution in [2.45, 2.75) is 26.3 Å². The van der Waals surface area contributed by atoms with Crippen molar-refractivity contribution in [3.63, 3.8) is 0 Å². The van der Waals surface area contributed by atoms with Crippen molar-refractivity contribution >= 4 is 5.91 Å². The second kappa shape index (κ2) is 4.58. The smallest absolute Gasteiger partial charge is 0.246 e. The van der Waals surface area contributed by atoms with Crippen LogP contribution in [-0.4, -0.2) is 36.6 Å². The van der Waals surface area contributed by atoms with E-state index in [2.05, 4.69) is 20.4 Å². The van der Waals surface area contributed by atoms with Crippen LogP contribution in [0.4, 0.5) is 0 Å². The van der Waals surface area contributed by atoms with Crippen molar-refractivity contribution in [3.05, 3.63) is 12.7 Å². The average molecular weight is 223 g/mol. The van der Waals surface area contributed by atoms with Crippen molar-refractivity contribution in [1.29, 1.82) is 0 Å². The molecule has 3 aliphatic rings. The van der Waals surface area contributed by atoms with Crippen LogP contribution < -0.4 is 0 Å². The highest BCUT2D eigenvalue weighted by atomic mass is 16.5. The summed E-state index contributed by atoms with van der Waals surface area (Å²) in [6, 6.07) is 0.261. The second-order valence-corrected chi connectivity index (χ2v) is 5.29. The van der Waals surface area contributed by atoms with E-state index in [4.69, 9.17) is 4.74 Å². The number of amides is 1. The van der Waals surface area contributed by atoms with E-state index in [1.165, 1.54) is 6.08 Å². The molecule has 16 heavy (non-hydrogen) atoms. The minimum atomic E-state index is 0.0581. The van der Waals surface area contributed by atoms with Gasteiger partial charge >= 0.3 is 0 Å². The number of ether oxygens (including phenoxy) is 1. The number of nitrogens with zero attached hydrogens (tertiary/aromatic N) is 1. The largest absolute Gasteiger partial charge is 0.379 e. The number of rotatable bonds is 2. The lowest BCUT2D eigenvalue weighted by atomic mass is 9.76. The van der Waals surface area contributed by atoms with Crippen LogP contribution >= 0.6 is 0 Å². The fourth-order valence-corrected chi connectivity index (χ4v) is 3.06. The highest BCUT2D eigenvalue weighted by Gasteiger charge is 2.40. The summed E-state index contributed by atoms with van der Waals surface area (Å²) in [6.07, 6.45) is 2.51. The van der Waals surface area contributed by atoms with Gasteiger partial charge in [-0.3, -0.25) is 4.79 Å². The van der Waals surface area contributed by atoms with Crippen LogP contribution in [0.3, 0.4) is 0 Å². The van der Waals surface area contributed by atoms with Gasteiger partial charge < -0.3 is 9.64 Å². The Morgan fingerprint density at radius 1 is 1.50 bits per heavy atom. The number of fused-ring (bicyclic) bond motifs is 4. The quantitative estimate of drug-likeness (QED) is 0.667. The third kappa shape index (κ3) is 2.01. The van der Waals surface area contributed by atoms with Crippen LogP contribution in [0.5, 0.6) is 0 Å².